The largest absolute Gasteiger partial charge is 0.288 e. The Morgan fingerprint density at radius 3 is 2.00 bits per heavy atom. The molecule has 0 radical (unpaired) electrons. The molecular weight excluding hydrogens is 264 g/mol. The van der Waals surface area contributed by atoms with Gasteiger partial charge < -0.3 is 0 Å². The van der Waals surface area contributed by atoms with Gasteiger partial charge in [0.2, 0.25) is 5.78 Å². The van der Waals surface area contributed by atoms with Gasteiger partial charge in [0.1, 0.15) is 0 Å². The number of halogens is 1. The molecular formula is C15H15ClOS. The van der Waals surface area contributed by atoms with Crippen LogP contribution in [0.15, 0.2) is 18.2 Å². The predicted molar refractivity (Wildman–Crippen MR) is 78.2 cm³/mol. The fourth-order valence-corrected chi connectivity index (χ4v) is 3.38. The van der Waals surface area contributed by atoms with Crippen LogP contribution in [0.3, 0.4) is 0 Å². The molecule has 0 saturated heterocycles. The van der Waals surface area contributed by atoms with Gasteiger partial charge in [-0.1, -0.05) is 29.3 Å². The van der Waals surface area contributed by atoms with Crippen molar-refractivity contribution < 1.29 is 4.79 Å². The Labute approximate surface area is 116 Å². The highest BCUT2D eigenvalue weighted by Crippen LogP contribution is 2.30. The number of thiophene rings is 1. The molecule has 1 aromatic carbocycles. The van der Waals surface area contributed by atoms with E-state index < -0.39 is 0 Å². The monoisotopic (exact) mass is 278 g/mol. The number of hydrogen-bond acceptors (Lipinski definition) is 2. The Hall–Kier alpha value is -1.12. The normalized spacial score (nSPS) is 10.7. The lowest BCUT2D eigenvalue weighted by Crippen LogP contribution is -2.05. The summed E-state index contributed by atoms with van der Waals surface area (Å²) in [6.07, 6.45) is 0. The lowest BCUT2D eigenvalue weighted by Gasteiger charge is -2.09. The third-order valence-electron chi connectivity index (χ3n) is 2.99. The molecule has 1 nitrogen and oxygen atoms in total. The fourth-order valence-electron chi connectivity index (χ4n) is 2.23. The molecule has 3 heteroatoms. The molecule has 0 saturated carbocycles. The van der Waals surface area contributed by atoms with Crippen LogP contribution in [0.1, 0.15) is 37.5 Å². The molecule has 1 heterocycles. The molecule has 0 aliphatic heterocycles. The minimum atomic E-state index is 0.0741. The minimum absolute atomic E-state index is 0.0741. The number of benzene rings is 1. The molecule has 0 N–H and O–H groups in total. The topological polar surface area (TPSA) is 17.1 Å². The van der Waals surface area contributed by atoms with Gasteiger partial charge in [-0.3, -0.25) is 4.79 Å². The van der Waals surface area contributed by atoms with Gasteiger partial charge in [0.15, 0.2) is 0 Å². The van der Waals surface area contributed by atoms with E-state index in [9.17, 15) is 4.79 Å². The average Bonchev–Trinajstić information content (AvgIpc) is 2.57. The third kappa shape index (κ3) is 2.36. The van der Waals surface area contributed by atoms with Crippen molar-refractivity contribution in [2.24, 2.45) is 0 Å². The summed E-state index contributed by atoms with van der Waals surface area (Å²) in [4.78, 5) is 13.2. The molecule has 18 heavy (non-hydrogen) atoms. The van der Waals surface area contributed by atoms with Crippen molar-refractivity contribution in [1.82, 2.24) is 0 Å². The smallest absolute Gasteiger partial charge is 0.203 e. The maximum Gasteiger partial charge on any atom is 0.203 e. The second-order valence-electron chi connectivity index (χ2n) is 4.67. The molecule has 0 amide bonds. The number of carbonyl (C=O) groups is 1. The second-order valence-corrected chi connectivity index (χ2v) is 6.32. The second kappa shape index (κ2) is 4.87. The summed E-state index contributed by atoms with van der Waals surface area (Å²) in [5, 5.41) is 0. The highest BCUT2D eigenvalue weighted by Gasteiger charge is 2.17. The summed E-state index contributed by atoms with van der Waals surface area (Å²) >= 11 is 7.39. The fraction of sp³-hybridized carbons (Fsp3) is 0.267. The molecule has 0 aliphatic rings. The molecule has 0 bridgehead atoms. The number of hydrogen-bond donors (Lipinski definition) is 0. The standard InChI is InChI=1S/C15H15ClOS/c1-8-5-9(2)13(10(3)6-8)14(17)12-7-11(4)15(16)18-12/h5-7H,1-4H3. The van der Waals surface area contributed by atoms with E-state index in [-0.39, 0.29) is 5.78 Å². The third-order valence-corrected chi connectivity index (χ3v) is 4.54. The van der Waals surface area contributed by atoms with E-state index in [1.807, 2.05) is 45.9 Å². The molecule has 0 atom stereocenters. The van der Waals surface area contributed by atoms with Gasteiger partial charge in [0.25, 0.3) is 0 Å². The number of rotatable bonds is 2. The van der Waals surface area contributed by atoms with Crippen molar-refractivity contribution in [1.29, 1.82) is 0 Å². The van der Waals surface area contributed by atoms with Crippen LogP contribution in [-0.2, 0) is 0 Å². The van der Waals surface area contributed by atoms with E-state index in [0.717, 1.165) is 22.3 Å². The minimum Gasteiger partial charge on any atom is -0.288 e. The first-order chi connectivity index (χ1) is 8.40. The van der Waals surface area contributed by atoms with Crippen LogP contribution < -0.4 is 0 Å². The Morgan fingerprint density at radius 1 is 1.00 bits per heavy atom. The molecule has 0 fully saturated rings. The van der Waals surface area contributed by atoms with Crippen LogP contribution in [0.5, 0.6) is 0 Å². The molecule has 2 aromatic rings. The van der Waals surface area contributed by atoms with Crippen LogP contribution in [0.4, 0.5) is 0 Å². The molecule has 0 unspecified atom stereocenters. The van der Waals surface area contributed by atoms with Gasteiger partial charge >= 0.3 is 0 Å². The van der Waals surface area contributed by atoms with E-state index in [0.29, 0.717) is 9.21 Å². The van der Waals surface area contributed by atoms with E-state index in [2.05, 4.69) is 0 Å². The van der Waals surface area contributed by atoms with Crippen molar-refractivity contribution in [3.8, 4) is 0 Å². The lowest BCUT2D eigenvalue weighted by molar-refractivity contribution is 0.104. The number of ketones is 1. The van der Waals surface area contributed by atoms with Gasteiger partial charge in [0.05, 0.1) is 9.21 Å². The molecule has 0 aliphatic carbocycles. The van der Waals surface area contributed by atoms with Crippen molar-refractivity contribution in [3.05, 3.63) is 55.2 Å². The maximum absolute atomic E-state index is 12.5. The summed E-state index contributed by atoms with van der Waals surface area (Å²) < 4.78 is 0.695. The molecule has 1 aromatic heterocycles. The Bertz CT molecular complexity index is 583. The Kier molecular flexibility index (Phi) is 3.60. The highest BCUT2D eigenvalue weighted by atomic mass is 35.5. The van der Waals surface area contributed by atoms with Crippen LogP contribution >= 0.6 is 22.9 Å². The zero-order valence-electron chi connectivity index (χ0n) is 10.9. The summed E-state index contributed by atoms with van der Waals surface area (Å²) in [7, 11) is 0. The molecule has 94 valence electrons. The molecule has 2 rings (SSSR count). The Balaban J connectivity index is 2.52. The summed E-state index contributed by atoms with van der Waals surface area (Å²) in [5.74, 6) is 0.0741. The maximum atomic E-state index is 12.5. The summed E-state index contributed by atoms with van der Waals surface area (Å²) in [6, 6.07) is 5.96. The summed E-state index contributed by atoms with van der Waals surface area (Å²) in [5.41, 5.74) is 5.01. The van der Waals surface area contributed by atoms with Crippen molar-refractivity contribution in [2.75, 3.05) is 0 Å². The zero-order valence-corrected chi connectivity index (χ0v) is 12.5. The van der Waals surface area contributed by atoms with Crippen LogP contribution in [-0.4, -0.2) is 5.78 Å². The van der Waals surface area contributed by atoms with Crippen molar-refractivity contribution in [3.63, 3.8) is 0 Å². The first-order valence-electron chi connectivity index (χ1n) is 5.78. The van der Waals surface area contributed by atoms with Gasteiger partial charge in [-0.2, -0.15) is 0 Å². The van der Waals surface area contributed by atoms with E-state index in [1.165, 1.54) is 16.9 Å². The van der Waals surface area contributed by atoms with Crippen LogP contribution in [0, 0.1) is 27.7 Å². The highest BCUT2D eigenvalue weighted by molar-refractivity contribution is 7.18. The van der Waals surface area contributed by atoms with Crippen LogP contribution in [0.2, 0.25) is 4.34 Å². The van der Waals surface area contributed by atoms with Crippen molar-refractivity contribution in [2.45, 2.75) is 27.7 Å². The van der Waals surface area contributed by atoms with Gasteiger partial charge in [-0.25, -0.2) is 0 Å². The SMILES string of the molecule is Cc1cc(C)c(C(=O)c2cc(C)c(Cl)s2)c(C)c1. The van der Waals surface area contributed by atoms with Gasteiger partial charge in [-0.15, -0.1) is 11.3 Å². The first kappa shape index (κ1) is 13.3. The average molecular weight is 279 g/mol. The molecule has 0 spiro atoms. The zero-order chi connectivity index (χ0) is 13.4. The summed E-state index contributed by atoms with van der Waals surface area (Å²) in [6.45, 7) is 7.93. The Morgan fingerprint density at radius 2 is 1.56 bits per heavy atom. The van der Waals surface area contributed by atoms with E-state index in [1.54, 1.807) is 0 Å². The van der Waals surface area contributed by atoms with Gasteiger partial charge in [0, 0.05) is 5.56 Å². The van der Waals surface area contributed by atoms with Crippen molar-refractivity contribution >= 4 is 28.7 Å². The number of aryl methyl sites for hydroxylation is 4. The van der Waals surface area contributed by atoms with E-state index in [4.69, 9.17) is 11.6 Å². The van der Waals surface area contributed by atoms with E-state index >= 15 is 0 Å². The predicted octanol–water partition coefficient (Wildman–Crippen LogP) is 4.87. The van der Waals surface area contributed by atoms with Crippen LogP contribution in [0.25, 0.3) is 0 Å². The number of carbonyl (C=O) groups excluding carboxylic acids is 1. The quantitative estimate of drug-likeness (QED) is 0.717. The van der Waals surface area contributed by atoms with Gasteiger partial charge in [-0.05, 0) is 50.5 Å². The first-order valence-corrected chi connectivity index (χ1v) is 6.98. The lowest BCUT2D eigenvalue weighted by atomic mass is 9.96.